The fourth-order valence-corrected chi connectivity index (χ4v) is 2.94. The molecule has 0 radical (unpaired) electrons. The number of para-hydroxylation sites is 2. The van der Waals surface area contributed by atoms with E-state index in [0.29, 0.717) is 6.10 Å². The summed E-state index contributed by atoms with van der Waals surface area (Å²) in [5.41, 5.74) is 1.87. The van der Waals surface area contributed by atoms with Crippen LogP contribution < -0.4 is 19.5 Å². The average molecular weight is 313 g/mol. The molecule has 0 saturated heterocycles. The zero-order valence-corrected chi connectivity index (χ0v) is 13.7. The van der Waals surface area contributed by atoms with Crippen LogP contribution in [0.3, 0.4) is 0 Å². The van der Waals surface area contributed by atoms with E-state index in [1.54, 1.807) is 14.2 Å². The molecule has 0 atom stereocenters. The van der Waals surface area contributed by atoms with Crippen molar-refractivity contribution in [1.29, 1.82) is 0 Å². The second-order valence-corrected chi connectivity index (χ2v) is 5.72. The number of nitrogens with one attached hydrogen (secondary N) is 1. The first-order valence-electron chi connectivity index (χ1n) is 8.05. The number of ether oxygens (including phenoxy) is 3. The van der Waals surface area contributed by atoms with Crippen molar-refractivity contribution in [3.63, 3.8) is 0 Å². The van der Waals surface area contributed by atoms with E-state index >= 15 is 0 Å². The van der Waals surface area contributed by atoms with E-state index in [4.69, 9.17) is 14.2 Å². The highest BCUT2D eigenvalue weighted by atomic mass is 16.5. The fraction of sp³-hybridized carbons (Fsp3) is 0.368. The highest BCUT2D eigenvalue weighted by molar-refractivity contribution is 5.68. The minimum absolute atomic E-state index is 0.297. The predicted octanol–water partition coefficient (Wildman–Crippen LogP) is 4.77. The van der Waals surface area contributed by atoms with Crippen LogP contribution in [0, 0.1) is 0 Å². The van der Waals surface area contributed by atoms with Crippen molar-refractivity contribution in [3.8, 4) is 17.2 Å². The van der Waals surface area contributed by atoms with Crippen LogP contribution in [0.25, 0.3) is 0 Å². The fourth-order valence-electron chi connectivity index (χ4n) is 2.94. The Morgan fingerprint density at radius 3 is 2.35 bits per heavy atom. The molecular weight excluding hydrogens is 290 g/mol. The molecule has 4 heteroatoms. The van der Waals surface area contributed by atoms with Crippen molar-refractivity contribution in [3.05, 3.63) is 42.5 Å². The van der Waals surface area contributed by atoms with Gasteiger partial charge in [0.1, 0.15) is 5.75 Å². The first kappa shape index (κ1) is 15.5. The Balaban J connectivity index is 1.82. The normalized spacial score (nSPS) is 14.5. The molecule has 2 aromatic rings. The molecule has 0 spiro atoms. The predicted molar refractivity (Wildman–Crippen MR) is 92.2 cm³/mol. The number of anilines is 2. The molecule has 0 bridgehead atoms. The summed E-state index contributed by atoms with van der Waals surface area (Å²) in [4.78, 5) is 0. The molecule has 0 heterocycles. The van der Waals surface area contributed by atoms with Crippen LogP contribution in [0.5, 0.6) is 17.2 Å². The monoisotopic (exact) mass is 313 g/mol. The van der Waals surface area contributed by atoms with Gasteiger partial charge < -0.3 is 19.5 Å². The Kier molecular flexibility index (Phi) is 4.91. The highest BCUT2D eigenvalue weighted by Crippen LogP contribution is 2.36. The van der Waals surface area contributed by atoms with Gasteiger partial charge in [0.05, 0.1) is 26.0 Å². The van der Waals surface area contributed by atoms with Crippen LogP contribution in [0.4, 0.5) is 11.4 Å². The van der Waals surface area contributed by atoms with Gasteiger partial charge in [0.25, 0.3) is 0 Å². The van der Waals surface area contributed by atoms with Crippen LogP contribution >= 0.6 is 0 Å². The topological polar surface area (TPSA) is 39.7 Å². The Morgan fingerprint density at radius 1 is 0.870 bits per heavy atom. The van der Waals surface area contributed by atoms with Crippen molar-refractivity contribution < 1.29 is 14.2 Å². The molecule has 0 unspecified atom stereocenters. The van der Waals surface area contributed by atoms with Crippen molar-refractivity contribution in [1.82, 2.24) is 0 Å². The lowest BCUT2D eigenvalue weighted by atomic mass is 10.2. The Bertz CT molecular complexity index is 651. The molecule has 23 heavy (non-hydrogen) atoms. The second-order valence-electron chi connectivity index (χ2n) is 5.72. The number of methoxy groups -OCH3 is 2. The summed E-state index contributed by atoms with van der Waals surface area (Å²) in [5.74, 6) is 2.36. The van der Waals surface area contributed by atoms with E-state index in [9.17, 15) is 0 Å². The van der Waals surface area contributed by atoms with Crippen molar-refractivity contribution in [2.45, 2.75) is 31.8 Å². The zero-order chi connectivity index (χ0) is 16.1. The smallest absolute Gasteiger partial charge is 0.163 e. The van der Waals surface area contributed by atoms with E-state index in [-0.39, 0.29) is 0 Å². The van der Waals surface area contributed by atoms with E-state index in [0.717, 1.165) is 41.5 Å². The summed E-state index contributed by atoms with van der Waals surface area (Å²) in [6, 6.07) is 13.7. The lowest BCUT2D eigenvalue weighted by Gasteiger charge is -2.18. The van der Waals surface area contributed by atoms with Crippen molar-refractivity contribution >= 4 is 11.4 Å². The van der Waals surface area contributed by atoms with Gasteiger partial charge in [-0.1, -0.05) is 12.1 Å². The van der Waals surface area contributed by atoms with Gasteiger partial charge in [-0.05, 0) is 49.9 Å². The molecule has 0 amide bonds. The second kappa shape index (κ2) is 7.27. The zero-order valence-electron chi connectivity index (χ0n) is 13.7. The number of rotatable bonds is 6. The van der Waals surface area contributed by atoms with E-state index in [1.165, 1.54) is 12.8 Å². The molecule has 3 rings (SSSR count). The van der Waals surface area contributed by atoms with E-state index < -0.39 is 0 Å². The maximum atomic E-state index is 6.14. The molecule has 1 fully saturated rings. The first-order chi connectivity index (χ1) is 11.3. The summed E-state index contributed by atoms with van der Waals surface area (Å²) in [7, 11) is 3.34. The van der Waals surface area contributed by atoms with Crippen LogP contribution in [-0.4, -0.2) is 20.3 Å². The maximum Gasteiger partial charge on any atom is 0.163 e. The van der Waals surface area contributed by atoms with Gasteiger partial charge in [0, 0.05) is 11.8 Å². The molecule has 0 aliphatic heterocycles. The minimum atomic E-state index is 0.297. The molecule has 1 N–H and O–H groups in total. The summed E-state index contributed by atoms with van der Waals surface area (Å²) >= 11 is 0. The third-order valence-corrected chi connectivity index (χ3v) is 4.15. The molecule has 0 aromatic heterocycles. The molecule has 4 nitrogen and oxygen atoms in total. The maximum absolute atomic E-state index is 6.14. The molecule has 1 aliphatic carbocycles. The van der Waals surface area contributed by atoms with Gasteiger partial charge in [-0.25, -0.2) is 0 Å². The Hall–Kier alpha value is -2.36. The van der Waals surface area contributed by atoms with Crippen molar-refractivity contribution in [2.24, 2.45) is 0 Å². The van der Waals surface area contributed by atoms with Gasteiger partial charge >= 0.3 is 0 Å². The number of benzene rings is 2. The van der Waals surface area contributed by atoms with Crippen molar-refractivity contribution in [2.75, 3.05) is 19.5 Å². The standard InChI is InChI=1S/C19H23NO3/c1-21-17-10-6-5-9-16(17)20-14-11-12-18(22-2)19(13-14)23-15-7-3-4-8-15/h5-6,9-13,15,20H,3-4,7-8H2,1-2H3. The lowest BCUT2D eigenvalue weighted by molar-refractivity contribution is 0.201. The molecular formula is C19H23NO3. The Morgan fingerprint density at radius 2 is 1.61 bits per heavy atom. The summed E-state index contributed by atoms with van der Waals surface area (Å²) < 4.78 is 16.9. The summed E-state index contributed by atoms with van der Waals surface area (Å²) in [5, 5.41) is 3.38. The van der Waals surface area contributed by atoms with Gasteiger partial charge in [0.15, 0.2) is 11.5 Å². The average Bonchev–Trinajstić information content (AvgIpc) is 3.09. The number of hydrogen-bond donors (Lipinski definition) is 1. The third-order valence-electron chi connectivity index (χ3n) is 4.15. The molecule has 1 saturated carbocycles. The quantitative estimate of drug-likeness (QED) is 0.834. The van der Waals surface area contributed by atoms with Gasteiger partial charge in [0.2, 0.25) is 0 Å². The highest BCUT2D eigenvalue weighted by Gasteiger charge is 2.18. The SMILES string of the molecule is COc1ccccc1Nc1ccc(OC)c(OC2CCCC2)c1. The van der Waals surface area contributed by atoms with Crippen LogP contribution in [0.2, 0.25) is 0 Å². The van der Waals surface area contributed by atoms with Gasteiger partial charge in [-0.2, -0.15) is 0 Å². The van der Waals surface area contributed by atoms with Gasteiger partial charge in [-0.3, -0.25) is 0 Å². The summed E-state index contributed by atoms with van der Waals surface area (Å²) in [6.07, 6.45) is 5.02. The first-order valence-corrected chi connectivity index (χ1v) is 8.05. The van der Waals surface area contributed by atoms with E-state index in [2.05, 4.69) is 5.32 Å². The van der Waals surface area contributed by atoms with Crippen LogP contribution in [-0.2, 0) is 0 Å². The van der Waals surface area contributed by atoms with Crippen LogP contribution in [0.15, 0.2) is 42.5 Å². The van der Waals surface area contributed by atoms with Crippen LogP contribution in [0.1, 0.15) is 25.7 Å². The number of hydrogen-bond acceptors (Lipinski definition) is 4. The lowest BCUT2D eigenvalue weighted by Crippen LogP contribution is -2.11. The van der Waals surface area contributed by atoms with Gasteiger partial charge in [-0.15, -0.1) is 0 Å². The largest absolute Gasteiger partial charge is 0.495 e. The molecule has 2 aromatic carbocycles. The Labute approximate surface area is 137 Å². The minimum Gasteiger partial charge on any atom is -0.495 e. The summed E-state index contributed by atoms with van der Waals surface area (Å²) in [6.45, 7) is 0. The molecule has 122 valence electrons. The molecule has 1 aliphatic rings. The van der Waals surface area contributed by atoms with E-state index in [1.807, 2.05) is 42.5 Å². The third kappa shape index (κ3) is 3.70.